The topological polar surface area (TPSA) is 58.2 Å². The summed E-state index contributed by atoms with van der Waals surface area (Å²) in [5.41, 5.74) is 0.417. The molecule has 1 aliphatic rings. The molecule has 0 aromatic heterocycles. The molecule has 2 N–H and O–H groups in total. The highest BCUT2D eigenvalue weighted by Gasteiger charge is 2.39. The van der Waals surface area contributed by atoms with Gasteiger partial charge in [-0.3, -0.25) is 0 Å². The smallest absolute Gasteiger partial charge is 0.211 e. The van der Waals surface area contributed by atoms with Crippen LogP contribution in [0.15, 0.2) is 0 Å². The van der Waals surface area contributed by atoms with E-state index in [4.69, 9.17) is 0 Å². The van der Waals surface area contributed by atoms with Gasteiger partial charge in [-0.25, -0.2) is 13.1 Å². The first kappa shape index (κ1) is 18.9. The molecule has 0 unspecified atom stereocenters. The minimum absolute atomic E-state index is 0.0857. The SMILES string of the molecule is CCNCCCCS(=O)(=O)NC1CC(C)(C)CC(C)(C)C1. The zero-order valence-electron chi connectivity index (χ0n) is 14.5. The van der Waals surface area contributed by atoms with Gasteiger partial charge in [0.05, 0.1) is 5.75 Å². The van der Waals surface area contributed by atoms with Crippen LogP contribution in [0.5, 0.6) is 0 Å². The van der Waals surface area contributed by atoms with Crippen LogP contribution in [-0.2, 0) is 10.0 Å². The third-order valence-electron chi connectivity index (χ3n) is 4.17. The van der Waals surface area contributed by atoms with E-state index in [0.29, 0.717) is 0 Å². The Morgan fingerprint density at radius 1 is 1.05 bits per heavy atom. The van der Waals surface area contributed by atoms with E-state index in [1.807, 2.05) is 0 Å². The molecule has 0 aromatic carbocycles. The molecule has 0 amide bonds. The monoisotopic (exact) mass is 318 g/mol. The molecule has 5 heteroatoms. The fourth-order valence-corrected chi connectivity index (χ4v) is 5.34. The van der Waals surface area contributed by atoms with E-state index in [2.05, 4.69) is 44.7 Å². The number of rotatable bonds is 8. The molecule has 1 saturated carbocycles. The molecule has 0 aliphatic heterocycles. The Kier molecular flexibility index (Phi) is 6.69. The van der Waals surface area contributed by atoms with E-state index in [1.165, 1.54) is 0 Å². The predicted octanol–water partition coefficient (Wildman–Crippen LogP) is 2.90. The average molecular weight is 319 g/mol. The van der Waals surface area contributed by atoms with E-state index < -0.39 is 10.0 Å². The minimum atomic E-state index is -3.15. The second-order valence-electron chi connectivity index (χ2n) is 8.11. The van der Waals surface area contributed by atoms with E-state index in [9.17, 15) is 8.42 Å². The van der Waals surface area contributed by atoms with Crippen molar-refractivity contribution in [2.75, 3.05) is 18.8 Å². The molecule has 1 fully saturated rings. The Labute approximate surface area is 131 Å². The Bertz CT molecular complexity index is 400. The second-order valence-corrected chi connectivity index (χ2v) is 9.98. The minimum Gasteiger partial charge on any atom is -0.317 e. The van der Waals surface area contributed by atoms with Crippen LogP contribution in [0.3, 0.4) is 0 Å². The lowest BCUT2D eigenvalue weighted by Crippen LogP contribution is -2.46. The lowest BCUT2D eigenvalue weighted by molar-refractivity contribution is 0.0934. The molecule has 21 heavy (non-hydrogen) atoms. The van der Waals surface area contributed by atoms with E-state index in [-0.39, 0.29) is 22.6 Å². The normalized spacial score (nSPS) is 22.3. The van der Waals surface area contributed by atoms with E-state index >= 15 is 0 Å². The van der Waals surface area contributed by atoms with Gasteiger partial charge in [0.15, 0.2) is 0 Å². The van der Waals surface area contributed by atoms with Crippen molar-refractivity contribution in [2.45, 2.75) is 72.8 Å². The Balaban J connectivity index is 2.47. The lowest BCUT2D eigenvalue weighted by atomic mass is 9.64. The molecular weight excluding hydrogens is 284 g/mol. The van der Waals surface area contributed by atoms with Gasteiger partial charge in [-0.05, 0) is 56.0 Å². The van der Waals surface area contributed by atoms with Crippen LogP contribution in [0.4, 0.5) is 0 Å². The summed E-state index contributed by atoms with van der Waals surface area (Å²) in [5.74, 6) is 0.246. The van der Waals surface area contributed by atoms with Crippen molar-refractivity contribution in [3.63, 3.8) is 0 Å². The highest BCUT2D eigenvalue weighted by molar-refractivity contribution is 7.89. The summed E-state index contributed by atoms with van der Waals surface area (Å²) in [6.07, 6.45) is 4.67. The molecule has 4 nitrogen and oxygen atoms in total. The molecule has 0 atom stereocenters. The molecule has 0 bridgehead atoms. The average Bonchev–Trinajstić information content (AvgIpc) is 2.23. The maximum atomic E-state index is 12.2. The standard InChI is InChI=1S/C16H34N2O2S/c1-6-17-9-7-8-10-21(19,20)18-14-11-15(2,3)13-16(4,5)12-14/h14,17-18H,6-13H2,1-5H3. The summed E-state index contributed by atoms with van der Waals surface area (Å²) >= 11 is 0. The molecule has 1 rings (SSSR count). The summed E-state index contributed by atoms with van der Waals surface area (Å²) in [6, 6.07) is 0.0857. The molecule has 1 aliphatic carbocycles. The van der Waals surface area contributed by atoms with Crippen LogP contribution in [0.25, 0.3) is 0 Å². The number of hydrogen-bond donors (Lipinski definition) is 2. The first-order valence-electron chi connectivity index (χ1n) is 8.26. The van der Waals surface area contributed by atoms with Crippen LogP contribution in [0.1, 0.15) is 66.7 Å². The van der Waals surface area contributed by atoms with Crippen LogP contribution in [0.2, 0.25) is 0 Å². The van der Waals surface area contributed by atoms with Gasteiger partial charge in [0.1, 0.15) is 0 Å². The molecule has 126 valence electrons. The first-order valence-corrected chi connectivity index (χ1v) is 9.91. The van der Waals surface area contributed by atoms with Crippen molar-refractivity contribution in [3.05, 3.63) is 0 Å². The number of sulfonamides is 1. The zero-order chi connectivity index (χ0) is 16.1. The Morgan fingerprint density at radius 2 is 1.62 bits per heavy atom. The van der Waals surface area contributed by atoms with Crippen molar-refractivity contribution in [1.29, 1.82) is 0 Å². The van der Waals surface area contributed by atoms with Gasteiger partial charge in [-0.15, -0.1) is 0 Å². The van der Waals surface area contributed by atoms with Crippen LogP contribution >= 0.6 is 0 Å². The van der Waals surface area contributed by atoms with Crippen molar-refractivity contribution >= 4 is 10.0 Å². The third kappa shape index (κ3) is 7.61. The molecule has 0 aromatic rings. The van der Waals surface area contributed by atoms with Crippen LogP contribution in [0, 0.1) is 10.8 Å². The largest absolute Gasteiger partial charge is 0.317 e. The summed E-state index contributed by atoms with van der Waals surface area (Å²) < 4.78 is 27.4. The summed E-state index contributed by atoms with van der Waals surface area (Å²) in [7, 11) is -3.15. The van der Waals surface area contributed by atoms with Gasteiger partial charge in [0.25, 0.3) is 0 Å². The number of unbranched alkanes of at least 4 members (excludes halogenated alkanes) is 1. The highest BCUT2D eigenvalue weighted by Crippen LogP contribution is 2.45. The van der Waals surface area contributed by atoms with Gasteiger partial charge < -0.3 is 5.32 Å². The fraction of sp³-hybridized carbons (Fsp3) is 1.00. The van der Waals surface area contributed by atoms with Crippen molar-refractivity contribution < 1.29 is 8.42 Å². The summed E-state index contributed by atoms with van der Waals surface area (Å²) in [5, 5.41) is 3.22. The summed E-state index contributed by atoms with van der Waals surface area (Å²) in [4.78, 5) is 0. The van der Waals surface area contributed by atoms with Crippen LogP contribution < -0.4 is 10.0 Å². The van der Waals surface area contributed by atoms with E-state index in [1.54, 1.807) is 0 Å². The first-order chi connectivity index (χ1) is 9.55. The van der Waals surface area contributed by atoms with Crippen molar-refractivity contribution in [2.24, 2.45) is 10.8 Å². The fourth-order valence-electron chi connectivity index (χ4n) is 3.96. The Morgan fingerprint density at radius 3 is 2.14 bits per heavy atom. The quantitative estimate of drug-likeness (QED) is 0.677. The van der Waals surface area contributed by atoms with Gasteiger partial charge in [-0.1, -0.05) is 34.6 Å². The van der Waals surface area contributed by atoms with Crippen LogP contribution in [-0.4, -0.2) is 33.3 Å². The second kappa shape index (κ2) is 7.42. The molecule has 0 spiro atoms. The Hall–Kier alpha value is -0.130. The van der Waals surface area contributed by atoms with Gasteiger partial charge in [0, 0.05) is 6.04 Å². The van der Waals surface area contributed by atoms with Gasteiger partial charge in [-0.2, -0.15) is 0 Å². The van der Waals surface area contributed by atoms with Crippen molar-refractivity contribution in [1.82, 2.24) is 10.0 Å². The maximum Gasteiger partial charge on any atom is 0.211 e. The molecule has 0 heterocycles. The van der Waals surface area contributed by atoms with Gasteiger partial charge in [0.2, 0.25) is 10.0 Å². The van der Waals surface area contributed by atoms with Gasteiger partial charge >= 0.3 is 0 Å². The molecular formula is C16H34N2O2S. The zero-order valence-corrected chi connectivity index (χ0v) is 15.3. The third-order valence-corrected chi connectivity index (χ3v) is 5.69. The predicted molar refractivity (Wildman–Crippen MR) is 89.9 cm³/mol. The number of hydrogen-bond acceptors (Lipinski definition) is 3. The number of nitrogens with one attached hydrogen (secondary N) is 2. The molecule has 0 saturated heterocycles. The van der Waals surface area contributed by atoms with Crippen molar-refractivity contribution in [3.8, 4) is 0 Å². The van der Waals surface area contributed by atoms with E-state index in [0.717, 1.165) is 45.2 Å². The maximum absolute atomic E-state index is 12.2. The lowest BCUT2D eigenvalue weighted by Gasteiger charge is -2.45. The highest BCUT2D eigenvalue weighted by atomic mass is 32.2. The molecule has 0 radical (unpaired) electrons. The summed E-state index contributed by atoms with van der Waals surface area (Å²) in [6.45, 7) is 12.9.